The fraction of sp³-hybridized carbons (Fsp3) is 0.200. The van der Waals surface area contributed by atoms with Crippen molar-refractivity contribution in [1.29, 1.82) is 0 Å². The Morgan fingerprint density at radius 3 is 2.95 bits per heavy atom. The van der Waals surface area contributed by atoms with Crippen LogP contribution in [-0.2, 0) is 11.3 Å². The van der Waals surface area contributed by atoms with Crippen molar-refractivity contribution in [2.75, 3.05) is 11.9 Å². The zero-order valence-electron chi connectivity index (χ0n) is 11.4. The van der Waals surface area contributed by atoms with Crippen LogP contribution in [0.5, 0.6) is 0 Å². The van der Waals surface area contributed by atoms with Gasteiger partial charge in [-0.1, -0.05) is 0 Å². The number of thiophene rings is 1. The molecule has 0 atom stereocenters. The Balaban J connectivity index is 2.14. The predicted molar refractivity (Wildman–Crippen MR) is 82.1 cm³/mol. The summed E-state index contributed by atoms with van der Waals surface area (Å²) in [6.07, 6.45) is 4.35. The number of carboxylic acids is 1. The third kappa shape index (κ3) is 3.68. The van der Waals surface area contributed by atoms with Crippen LogP contribution in [0.3, 0.4) is 0 Å². The van der Waals surface area contributed by atoms with Crippen molar-refractivity contribution >= 4 is 29.2 Å². The van der Waals surface area contributed by atoms with Crippen LogP contribution in [-0.4, -0.2) is 23.1 Å². The second kappa shape index (κ2) is 6.34. The number of anilines is 1. The second-order valence-electron chi connectivity index (χ2n) is 4.57. The molecule has 0 aliphatic carbocycles. The van der Waals surface area contributed by atoms with Crippen LogP contribution < -0.4 is 4.90 Å². The van der Waals surface area contributed by atoms with Gasteiger partial charge in [0.15, 0.2) is 0 Å². The van der Waals surface area contributed by atoms with Crippen molar-refractivity contribution in [3.05, 3.63) is 51.9 Å². The van der Waals surface area contributed by atoms with Gasteiger partial charge in [0, 0.05) is 25.9 Å². The summed E-state index contributed by atoms with van der Waals surface area (Å²) in [5.41, 5.74) is 3.07. The normalized spacial score (nSPS) is 10.9. The van der Waals surface area contributed by atoms with Gasteiger partial charge < -0.3 is 10.0 Å². The Kier molecular flexibility index (Phi) is 4.53. The number of hydrogen-bond donors (Lipinski definition) is 1. The Bertz CT molecular complexity index is 621. The number of aryl methyl sites for hydroxylation is 1. The molecule has 0 aromatic carbocycles. The summed E-state index contributed by atoms with van der Waals surface area (Å²) in [4.78, 5) is 17.0. The van der Waals surface area contributed by atoms with Gasteiger partial charge in [-0.15, -0.1) is 0 Å². The van der Waals surface area contributed by atoms with E-state index in [0.717, 1.165) is 29.6 Å². The number of aromatic nitrogens is 1. The molecule has 0 saturated carbocycles. The second-order valence-corrected chi connectivity index (χ2v) is 5.35. The summed E-state index contributed by atoms with van der Waals surface area (Å²) >= 11 is 1.68. The molecule has 0 radical (unpaired) electrons. The van der Waals surface area contributed by atoms with Crippen LogP contribution in [0.4, 0.5) is 5.82 Å². The van der Waals surface area contributed by atoms with E-state index < -0.39 is 5.97 Å². The average molecular weight is 288 g/mol. The maximum atomic E-state index is 10.5. The van der Waals surface area contributed by atoms with Crippen LogP contribution in [0.25, 0.3) is 6.08 Å². The molecule has 4 nitrogen and oxygen atoms in total. The quantitative estimate of drug-likeness (QED) is 0.859. The molecule has 0 spiro atoms. The van der Waals surface area contributed by atoms with E-state index in [-0.39, 0.29) is 0 Å². The first-order chi connectivity index (χ1) is 9.56. The highest BCUT2D eigenvalue weighted by molar-refractivity contribution is 7.07. The first-order valence-corrected chi connectivity index (χ1v) is 7.10. The van der Waals surface area contributed by atoms with E-state index in [2.05, 4.69) is 26.7 Å². The van der Waals surface area contributed by atoms with E-state index in [1.54, 1.807) is 23.6 Å². The summed E-state index contributed by atoms with van der Waals surface area (Å²) in [5, 5.41) is 12.8. The number of carbonyl (C=O) groups is 1. The lowest BCUT2D eigenvalue weighted by molar-refractivity contribution is -0.131. The zero-order chi connectivity index (χ0) is 14.5. The summed E-state index contributed by atoms with van der Waals surface area (Å²) in [6, 6.07) is 4.03. The summed E-state index contributed by atoms with van der Waals surface area (Å²) in [6.45, 7) is 2.78. The van der Waals surface area contributed by atoms with E-state index >= 15 is 0 Å². The Hall–Kier alpha value is -2.14. The summed E-state index contributed by atoms with van der Waals surface area (Å²) in [5.74, 6) is -0.0509. The molecule has 0 aliphatic heterocycles. The van der Waals surface area contributed by atoms with E-state index in [9.17, 15) is 4.79 Å². The average Bonchev–Trinajstić information content (AvgIpc) is 2.89. The number of pyridine rings is 1. The summed E-state index contributed by atoms with van der Waals surface area (Å²) < 4.78 is 0. The largest absolute Gasteiger partial charge is 0.478 e. The monoisotopic (exact) mass is 288 g/mol. The molecule has 0 aliphatic rings. The van der Waals surface area contributed by atoms with Gasteiger partial charge in [0.25, 0.3) is 0 Å². The minimum Gasteiger partial charge on any atom is -0.478 e. The van der Waals surface area contributed by atoms with Gasteiger partial charge in [-0.05, 0) is 52.6 Å². The fourth-order valence-corrected chi connectivity index (χ4v) is 2.64. The van der Waals surface area contributed by atoms with E-state index in [0.29, 0.717) is 0 Å². The highest BCUT2D eigenvalue weighted by Crippen LogP contribution is 2.20. The molecule has 2 rings (SSSR count). The number of nitrogens with zero attached hydrogens (tertiary/aromatic N) is 2. The molecule has 104 valence electrons. The van der Waals surface area contributed by atoms with Crippen molar-refractivity contribution in [2.45, 2.75) is 13.5 Å². The molecule has 2 heterocycles. The topological polar surface area (TPSA) is 53.4 Å². The first kappa shape index (κ1) is 14.3. The van der Waals surface area contributed by atoms with Crippen LogP contribution in [0.15, 0.2) is 35.2 Å². The van der Waals surface area contributed by atoms with Crippen molar-refractivity contribution in [1.82, 2.24) is 4.98 Å². The fourth-order valence-electron chi connectivity index (χ4n) is 1.98. The molecule has 0 unspecified atom stereocenters. The van der Waals surface area contributed by atoms with Gasteiger partial charge in [0.05, 0.1) is 0 Å². The Labute approximate surface area is 122 Å². The lowest BCUT2D eigenvalue weighted by Gasteiger charge is -2.19. The lowest BCUT2D eigenvalue weighted by atomic mass is 10.2. The molecular formula is C15H16N2O2S. The molecule has 2 aromatic rings. The molecule has 0 fully saturated rings. The van der Waals surface area contributed by atoms with E-state index in [1.165, 1.54) is 5.56 Å². The number of rotatable bonds is 5. The van der Waals surface area contributed by atoms with Crippen molar-refractivity contribution in [3.63, 3.8) is 0 Å². The Morgan fingerprint density at radius 1 is 1.55 bits per heavy atom. The van der Waals surface area contributed by atoms with Crippen LogP contribution in [0.2, 0.25) is 0 Å². The highest BCUT2D eigenvalue weighted by Gasteiger charge is 2.07. The van der Waals surface area contributed by atoms with Crippen molar-refractivity contribution in [2.24, 2.45) is 0 Å². The third-order valence-corrected chi connectivity index (χ3v) is 3.58. The van der Waals surface area contributed by atoms with Crippen LogP contribution >= 0.6 is 11.3 Å². The molecular weight excluding hydrogens is 272 g/mol. The van der Waals surface area contributed by atoms with Gasteiger partial charge in [-0.3, -0.25) is 0 Å². The molecule has 20 heavy (non-hydrogen) atoms. The van der Waals surface area contributed by atoms with E-state index in [1.807, 2.05) is 20.0 Å². The van der Waals surface area contributed by atoms with Crippen LogP contribution in [0, 0.1) is 6.92 Å². The SMILES string of the molecule is Cc1cc(/C=C/C(=O)O)cnc1N(C)Cc1ccsc1. The maximum absolute atomic E-state index is 10.5. The molecule has 1 N–H and O–H groups in total. The lowest BCUT2D eigenvalue weighted by Crippen LogP contribution is -2.18. The third-order valence-electron chi connectivity index (χ3n) is 2.85. The minimum absolute atomic E-state index is 0.789. The van der Waals surface area contributed by atoms with Gasteiger partial charge in [-0.2, -0.15) is 11.3 Å². The smallest absolute Gasteiger partial charge is 0.328 e. The van der Waals surface area contributed by atoms with E-state index in [4.69, 9.17) is 5.11 Å². The van der Waals surface area contributed by atoms with Crippen LogP contribution in [0.1, 0.15) is 16.7 Å². The molecule has 5 heteroatoms. The maximum Gasteiger partial charge on any atom is 0.328 e. The standard InChI is InChI=1S/C15H16N2O2S/c1-11-7-12(3-4-14(18)19)8-16-15(11)17(2)9-13-5-6-20-10-13/h3-8,10H,9H2,1-2H3,(H,18,19)/b4-3+. The van der Waals surface area contributed by atoms with Gasteiger partial charge in [0.2, 0.25) is 0 Å². The number of hydrogen-bond acceptors (Lipinski definition) is 4. The van der Waals surface area contributed by atoms with Crippen molar-refractivity contribution in [3.8, 4) is 0 Å². The number of aliphatic carboxylic acids is 1. The van der Waals surface area contributed by atoms with Crippen molar-refractivity contribution < 1.29 is 9.90 Å². The predicted octanol–water partition coefficient (Wildman–Crippen LogP) is 3.19. The number of carboxylic acid groups (broad SMARTS) is 1. The molecule has 0 bridgehead atoms. The van der Waals surface area contributed by atoms with Gasteiger partial charge >= 0.3 is 5.97 Å². The highest BCUT2D eigenvalue weighted by atomic mass is 32.1. The Morgan fingerprint density at radius 2 is 2.35 bits per heavy atom. The zero-order valence-corrected chi connectivity index (χ0v) is 12.2. The molecule has 2 aromatic heterocycles. The van der Waals surface area contributed by atoms with Gasteiger partial charge in [0.1, 0.15) is 5.82 Å². The molecule has 0 saturated heterocycles. The first-order valence-electron chi connectivity index (χ1n) is 6.16. The van der Waals surface area contributed by atoms with Gasteiger partial charge in [-0.25, -0.2) is 9.78 Å². The summed E-state index contributed by atoms with van der Waals surface area (Å²) in [7, 11) is 2.00. The molecule has 0 amide bonds. The minimum atomic E-state index is -0.957.